The van der Waals surface area contributed by atoms with Gasteiger partial charge in [0.25, 0.3) is 0 Å². The molecule has 1 aromatic heterocycles. The van der Waals surface area contributed by atoms with Crippen molar-refractivity contribution in [3.63, 3.8) is 0 Å². The van der Waals surface area contributed by atoms with Crippen LogP contribution in [-0.4, -0.2) is 35.6 Å². The third-order valence-electron chi connectivity index (χ3n) is 3.42. The molecular weight excluding hydrogens is 217 g/mol. The molecule has 0 radical (unpaired) electrons. The molecule has 1 aliphatic rings. The van der Waals surface area contributed by atoms with E-state index in [0.717, 1.165) is 31.6 Å². The van der Waals surface area contributed by atoms with Crippen molar-refractivity contribution in [3.8, 4) is 0 Å². The third-order valence-corrected chi connectivity index (χ3v) is 3.42. The molecule has 17 heavy (non-hydrogen) atoms. The van der Waals surface area contributed by atoms with E-state index in [1.807, 2.05) is 0 Å². The zero-order valence-corrected chi connectivity index (χ0v) is 10.5. The number of nitrogens with zero attached hydrogens (tertiary/aromatic N) is 2. The molecule has 4 heteroatoms. The van der Waals surface area contributed by atoms with E-state index in [4.69, 9.17) is 0 Å². The fourth-order valence-electron chi connectivity index (χ4n) is 2.31. The fourth-order valence-corrected chi connectivity index (χ4v) is 2.31. The molecule has 3 nitrogen and oxygen atoms in total. The van der Waals surface area contributed by atoms with Crippen LogP contribution in [0.4, 0.5) is 4.39 Å². The summed E-state index contributed by atoms with van der Waals surface area (Å²) in [6.45, 7) is 7.42. The van der Waals surface area contributed by atoms with Crippen LogP contribution in [0, 0.1) is 5.82 Å². The molecule has 0 spiro atoms. The Kier molecular flexibility index (Phi) is 4.07. The normalized spacial score (nSPS) is 18.1. The molecule has 0 amide bonds. The molecular formula is C13H20FN3. The first-order valence-corrected chi connectivity index (χ1v) is 6.29. The lowest BCUT2D eigenvalue weighted by Gasteiger charge is -2.41. The van der Waals surface area contributed by atoms with Gasteiger partial charge >= 0.3 is 0 Å². The van der Waals surface area contributed by atoms with Gasteiger partial charge in [-0.3, -0.25) is 9.88 Å². The molecule has 0 saturated carbocycles. The first-order chi connectivity index (χ1) is 8.22. The number of pyridine rings is 1. The van der Waals surface area contributed by atoms with Crippen LogP contribution in [0.5, 0.6) is 0 Å². The minimum absolute atomic E-state index is 0.227. The molecule has 1 atom stereocenters. The number of rotatable bonds is 5. The first kappa shape index (κ1) is 12.5. The Morgan fingerprint density at radius 2 is 2.29 bits per heavy atom. The Morgan fingerprint density at radius 1 is 1.53 bits per heavy atom. The van der Waals surface area contributed by atoms with Crippen molar-refractivity contribution in [3.05, 3.63) is 29.8 Å². The van der Waals surface area contributed by atoms with Gasteiger partial charge in [0, 0.05) is 31.4 Å². The Labute approximate surface area is 102 Å². The Balaban J connectivity index is 2.11. The molecule has 1 saturated heterocycles. The second-order valence-corrected chi connectivity index (χ2v) is 4.66. The van der Waals surface area contributed by atoms with E-state index < -0.39 is 0 Å². The minimum Gasteiger partial charge on any atom is -0.314 e. The highest BCUT2D eigenvalue weighted by Gasteiger charge is 2.28. The monoisotopic (exact) mass is 237 g/mol. The van der Waals surface area contributed by atoms with E-state index >= 15 is 0 Å². The zero-order valence-electron chi connectivity index (χ0n) is 10.5. The second kappa shape index (κ2) is 5.56. The molecule has 0 aromatic carbocycles. The van der Waals surface area contributed by atoms with Crippen molar-refractivity contribution in [2.75, 3.05) is 19.6 Å². The van der Waals surface area contributed by atoms with Gasteiger partial charge in [0.2, 0.25) is 0 Å². The van der Waals surface area contributed by atoms with Crippen LogP contribution in [0.25, 0.3) is 0 Å². The van der Waals surface area contributed by atoms with Crippen LogP contribution in [0.3, 0.4) is 0 Å². The molecule has 0 aliphatic carbocycles. The fraction of sp³-hybridized carbons (Fsp3) is 0.615. The van der Waals surface area contributed by atoms with E-state index in [1.165, 1.54) is 6.20 Å². The summed E-state index contributed by atoms with van der Waals surface area (Å²) >= 11 is 0. The average molecular weight is 237 g/mol. The number of halogens is 1. The second-order valence-electron chi connectivity index (χ2n) is 4.66. The van der Waals surface area contributed by atoms with Gasteiger partial charge in [-0.15, -0.1) is 0 Å². The summed E-state index contributed by atoms with van der Waals surface area (Å²) < 4.78 is 13.2. The molecule has 1 fully saturated rings. The van der Waals surface area contributed by atoms with Crippen LogP contribution in [0.15, 0.2) is 18.5 Å². The molecule has 0 bridgehead atoms. The highest BCUT2D eigenvalue weighted by atomic mass is 19.1. The van der Waals surface area contributed by atoms with E-state index in [2.05, 4.69) is 29.0 Å². The topological polar surface area (TPSA) is 28.2 Å². The maximum atomic E-state index is 13.2. The van der Waals surface area contributed by atoms with E-state index in [-0.39, 0.29) is 11.9 Å². The van der Waals surface area contributed by atoms with Crippen molar-refractivity contribution >= 4 is 0 Å². The smallest absolute Gasteiger partial charge is 0.141 e. The maximum Gasteiger partial charge on any atom is 0.141 e. The summed E-state index contributed by atoms with van der Waals surface area (Å²) in [6.07, 6.45) is 4.14. The van der Waals surface area contributed by atoms with Crippen LogP contribution in [-0.2, 0) is 0 Å². The summed E-state index contributed by atoms with van der Waals surface area (Å²) in [5.74, 6) is -0.252. The molecule has 1 N–H and O–H groups in total. The maximum absolute atomic E-state index is 13.2. The van der Waals surface area contributed by atoms with Gasteiger partial charge < -0.3 is 5.32 Å². The predicted octanol–water partition coefficient (Wildman–Crippen LogP) is 1.97. The summed E-state index contributed by atoms with van der Waals surface area (Å²) in [6, 6.07) is 2.39. The first-order valence-electron chi connectivity index (χ1n) is 6.29. The molecule has 2 rings (SSSR count). The highest BCUT2D eigenvalue weighted by Crippen LogP contribution is 2.24. The molecule has 1 aliphatic heterocycles. The number of nitrogens with one attached hydrogen (secondary N) is 1. The van der Waals surface area contributed by atoms with Crippen molar-refractivity contribution in [2.45, 2.75) is 32.4 Å². The lowest BCUT2D eigenvalue weighted by atomic mass is 10.0. The summed E-state index contributed by atoms with van der Waals surface area (Å²) in [4.78, 5) is 6.37. The van der Waals surface area contributed by atoms with Gasteiger partial charge in [-0.1, -0.05) is 6.92 Å². The highest BCUT2D eigenvalue weighted by molar-refractivity contribution is 5.15. The Morgan fingerprint density at radius 3 is 2.82 bits per heavy atom. The van der Waals surface area contributed by atoms with E-state index in [0.29, 0.717) is 6.04 Å². The van der Waals surface area contributed by atoms with Gasteiger partial charge in [-0.25, -0.2) is 4.39 Å². The quantitative estimate of drug-likeness (QED) is 0.848. The standard InChI is InChI=1S/C13H20FN3/c1-3-4-17(13-8-16-9-13)10(2)11-5-12(14)7-15-6-11/h5-7,10,13,16H,3-4,8-9H2,1-2H3. The van der Waals surface area contributed by atoms with Crippen molar-refractivity contribution < 1.29 is 4.39 Å². The minimum atomic E-state index is -0.252. The number of hydrogen-bond acceptors (Lipinski definition) is 3. The van der Waals surface area contributed by atoms with Gasteiger partial charge in [0.1, 0.15) is 5.82 Å². The molecule has 94 valence electrons. The number of aromatic nitrogens is 1. The Bertz CT molecular complexity index is 365. The van der Waals surface area contributed by atoms with Crippen LogP contribution in [0.2, 0.25) is 0 Å². The van der Waals surface area contributed by atoms with Crippen LogP contribution in [0.1, 0.15) is 31.9 Å². The lowest BCUT2D eigenvalue weighted by Crippen LogP contribution is -2.57. The van der Waals surface area contributed by atoms with Crippen LogP contribution >= 0.6 is 0 Å². The van der Waals surface area contributed by atoms with Crippen molar-refractivity contribution in [2.24, 2.45) is 0 Å². The van der Waals surface area contributed by atoms with E-state index in [9.17, 15) is 4.39 Å². The van der Waals surface area contributed by atoms with Crippen molar-refractivity contribution in [1.29, 1.82) is 0 Å². The van der Waals surface area contributed by atoms with Gasteiger partial charge in [0.15, 0.2) is 0 Å². The lowest BCUT2D eigenvalue weighted by molar-refractivity contribution is 0.102. The number of hydrogen-bond donors (Lipinski definition) is 1. The van der Waals surface area contributed by atoms with Gasteiger partial charge in [0.05, 0.1) is 6.20 Å². The van der Waals surface area contributed by atoms with Gasteiger partial charge in [-0.05, 0) is 31.5 Å². The largest absolute Gasteiger partial charge is 0.314 e. The van der Waals surface area contributed by atoms with Crippen LogP contribution < -0.4 is 5.32 Å². The summed E-state index contributed by atoms with van der Waals surface area (Å²) in [5.41, 5.74) is 0.963. The summed E-state index contributed by atoms with van der Waals surface area (Å²) in [5, 5.41) is 3.29. The molecule has 1 unspecified atom stereocenters. The zero-order chi connectivity index (χ0) is 12.3. The molecule has 2 heterocycles. The molecule has 1 aromatic rings. The SMILES string of the molecule is CCCN(C1CNC1)C(C)c1cncc(F)c1. The third kappa shape index (κ3) is 2.82. The van der Waals surface area contributed by atoms with Crippen molar-refractivity contribution in [1.82, 2.24) is 15.2 Å². The average Bonchev–Trinajstić information content (AvgIpc) is 2.25. The Hall–Kier alpha value is -1.00. The van der Waals surface area contributed by atoms with E-state index in [1.54, 1.807) is 12.3 Å². The predicted molar refractivity (Wildman–Crippen MR) is 66.3 cm³/mol. The van der Waals surface area contributed by atoms with Gasteiger partial charge in [-0.2, -0.15) is 0 Å². The summed E-state index contributed by atoms with van der Waals surface area (Å²) in [7, 11) is 0.